The fraction of sp³-hybridized carbons (Fsp3) is 0.800. The van der Waals surface area contributed by atoms with Crippen LogP contribution < -0.4 is 0 Å². The molecule has 1 heterocycles. The SMILES string of the molecule is Cc1c(C=NN=C2CCC3C4CCC5CCCCC5(C)C4CCC23C)cnn1C. The van der Waals surface area contributed by atoms with Crippen molar-refractivity contribution in [3.05, 3.63) is 17.5 Å². The van der Waals surface area contributed by atoms with E-state index in [-0.39, 0.29) is 5.41 Å². The summed E-state index contributed by atoms with van der Waals surface area (Å²) in [6, 6.07) is 0. The summed E-state index contributed by atoms with van der Waals surface area (Å²) < 4.78 is 1.89. The molecule has 4 fully saturated rings. The molecular formula is C25H38N4. The lowest BCUT2D eigenvalue weighted by atomic mass is 9.45. The van der Waals surface area contributed by atoms with Crippen LogP contribution in [0.15, 0.2) is 16.4 Å². The highest BCUT2D eigenvalue weighted by Crippen LogP contribution is 2.65. The first-order chi connectivity index (χ1) is 13.9. The van der Waals surface area contributed by atoms with Gasteiger partial charge in [-0.2, -0.15) is 15.3 Å². The lowest BCUT2D eigenvalue weighted by Crippen LogP contribution is -2.52. The Hall–Kier alpha value is -1.45. The fourth-order valence-electron chi connectivity index (χ4n) is 8.05. The third-order valence-electron chi connectivity index (χ3n) is 9.97. The molecule has 5 rings (SSSR count). The Balaban J connectivity index is 1.37. The van der Waals surface area contributed by atoms with Gasteiger partial charge in [0.1, 0.15) is 0 Å². The van der Waals surface area contributed by atoms with E-state index in [1.165, 1.54) is 63.5 Å². The molecule has 6 atom stereocenters. The second-order valence-electron chi connectivity index (χ2n) is 11.0. The summed E-state index contributed by atoms with van der Waals surface area (Å²) >= 11 is 0. The van der Waals surface area contributed by atoms with Crippen molar-refractivity contribution in [3.8, 4) is 0 Å². The van der Waals surface area contributed by atoms with Gasteiger partial charge in [-0.05, 0) is 87.4 Å². The van der Waals surface area contributed by atoms with Crippen molar-refractivity contribution in [1.29, 1.82) is 0 Å². The first kappa shape index (κ1) is 19.5. The molecule has 0 aliphatic heterocycles. The van der Waals surface area contributed by atoms with Crippen LogP contribution in [0.25, 0.3) is 0 Å². The topological polar surface area (TPSA) is 42.5 Å². The summed E-state index contributed by atoms with van der Waals surface area (Å²) in [6.07, 6.45) is 17.9. The second kappa shape index (κ2) is 7.06. The number of nitrogens with zero attached hydrogens (tertiary/aromatic N) is 4. The van der Waals surface area contributed by atoms with Crippen LogP contribution >= 0.6 is 0 Å². The van der Waals surface area contributed by atoms with Crippen LogP contribution in [0.2, 0.25) is 0 Å². The van der Waals surface area contributed by atoms with Crippen LogP contribution in [-0.4, -0.2) is 21.7 Å². The van der Waals surface area contributed by atoms with E-state index in [4.69, 9.17) is 5.10 Å². The summed E-state index contributed by atoms with van der Waals surface area (Å²) in [4.78, 5) is 0. The lowest BCUT2D eigenvalue weighted by Gasteiger charge is -2.59. The number of rotatable bonds is 2. The number of aromatic nitrogens is 2. The third-order valence-corrected chi connectivity index (χ3v) is 9.97. The zero-order chi connectivity index (χ0) is 20.2. The molecule has 0 amide bonds. The van der Waals surface area contributed by atoms with E-state index in [0.29, 0.717) is 5.41 Å². The fourth-order valence-corrected chi connectivity index (χ4v) is 8.05. The van der Waals surface area contributed by atoms with Crippen LogP contribution in [0.5, 0.6) is 0 Å². The molecule has 0 spiro atoms. The van der Waals surface area contributed by atoms with Crippen LogP contribution in [0, 0.1) is 41.4 Å². The first-order valence-corrected chi connectivity index (χ1v) is 12.0. The standard InChI is InChI=1S/C25H38N4/c1-17-18(16-27-29(17)4)15-26-28-23-11-10-21-20-9-8-19-7-5-6-13-24(19,2)22(20)12-14-25(21,23)3/h15-16,19-22H,5-14H2,1-4H3. The molecule has 4 nitrogen and oxygen atoms in total. The lowest BCUT2D eigenvalue weighted by molar-refractivity contribution is -0.0936. The Morgan fingerprint density at radius 2 is 1.93 bits per heavy atom. The molecule has 0 aromatic carbocycles. The van der Waals surface area contributed by atoms with Crippen molar-refractivity contribution in [2.45, 2.75) is 85.0 Å². The van der Waals surface area contributed by atoms with Gasteiger partial charge in [-0.3, -0.25) is 4.68 Å². The van der Waals surface area contributed by atoms with E-state index in [0.717, 1.165) is 41.3 Å². The number of fused-ring (bicyclic) bond motifs is 5. The van der Waals surface area contributed by atoms with Gasteiger partial charge in [0.05, 0.1) is 12.4 Å². The Bertz CT molecular complexity index is 836. The molecule has 4 aliphatic rings. The Morgan fingerprint density at radius 3 is 2.72 bits per heavy atom. The molecule has 1 aromatic rings. The second-order valence-corrected chi connectivity index (χ2v) is 11.0. The number of hydrogen-bond acceptors (Lipinski definition) is 3. The van der Waals surface area contributed by atoms with Crippen LogP contribution in [0.4, 0.5) is 0 Å². The van der Waals surface area contributed by atoms with Crippen molar-refractivity contribution in [3.63, 3.8) is 0 Å². The molecule has 0 N–H and O–H groups in total. The summed E-state index contributed by atoms with van der Waals surface area (Å²) in [5, 5.41) is 13.6. The van der Waals surface area contributed by atoms with Gasteiger partial charge < -0.3 is 0 Å². The van der Waals surface area contributed by atoms with Crippen molar-refractivity contribution >= 4 is 11.9 Å². The summed E-state index contributed by atoms with van der Waals surface area (Å²) in [6.45, 7) is 7.26. The maximum Gasteiger partial charge on any atom is 0.0602 e. The van der Waals surface area contributed by atoms with Crippen molar-refractivity contribution < 1.29 is 0 Å². The molecule has 4 aliphatic carbocycles. The van der Waals surface area contributed by atoms with Crippen LogP contribution in [0.1, 0.15) is 89.3 Å². The Morgan fingerprint density at radius 1 is 1.07 bits per heavy atom. The largest absolute Gasteiger partial charge is 0.272 e. The number of aryl methyl sites for hydroxylation is 1. The highest BCUT2D eigenvalue weighted by atomic mass is 15.3. The van der Waals surface area contributed by atoms with E-state index in [1.807, 2.05) is 24.1 Å². The average molecular weight is 395 g/mol. The summed E-state index contributed by atoms with van der Waals surface area (Å²) in [5.41, 5.74) is 4.49. The summed E-state index contributed by atoms with van der Waals surface area (Å²) in [7, 11) is 1.97. The van der Waals surface area contributed by atoms with E-state index >= 15 is 0 Å². The minimum atomic E-state index is 0.278. The van der Waals surface area contributed by atoms with Crippen molar-refractivity contribution in [2.24, 2.45) is 51.8 Å². The highest BCUT2D eigenvalue weighted by molar-refractivity contribution is 5.93. The zero-order valence-electron chi connectivity index (χ0n) is 18.8. The Kier molecular flexibility index (Phi) is 4.75. The van der Waals surface area contributed by atoms with Crippen molar-refractivity contribution in [2.75, 3.05) is 0 Å². The molecule has 4 heteroatoms. The zero-order valence-corrected chi connectivity index (χ0v) is 18.8. The average Bonchev–Trinajstić information content (AvgIpc) is 3.21. The minimum Gasteiger partial charge on any atom is -0.272 e. The van der Waals surface area contributed by atoms with Crippen LogP contribution in [0.3, 0.4) is 0 Å². The molecular weight excluding hydrogens is 356 g/mol. The highest BCUT2D eigenvalue weighted by Gasteiger charge is 2.58. The first-order valence-electron chi connectivity index (χ1n) is 12.0. The van der Waals surface area contributed by atoms with E-state index in [9.17, 15) is 0 Å². The maximum absolute atomic E-state index is 4.81. The van der Waals surface area contributed by atoms with E-state index in [2.05, 4.69) is 31.0 Å². The van der Waals surface area contributed by atoms with E-state index in [1.54, 1.807) is 0 Å². The molecule has 1 aromatic heterocycles. The smallest absolute Gasteiger partial charge is 0.0602 e. The molecule has 0 bridgehead atoms. The molecule has 6 unspecified atom stereocenters. The van der Waals surface area contributed by atoms with Gasteiger partial charge in [-0.25, -0.2) is 0 Å². The molecule has 4 saturated carbocycles. The Labute approximate surface area is 176 Å². The maximum atomic E-state index is 4.81. The quantitative estimate of drug-likeness (QED) is 0.452. The normalized spacial score (nSPS) is 43.4. The van der Waals surface area contributed by atoms with Gasteiger partial charge in [0.2, 0.25) is 0 Å². The molecule has 29 heavy (non-hydrogen) atoms. The molecule has 158 valence electrons. The predicted molar refractivity (Wildman–Crippen MR) is 119 cm³/mol. The van der Waals surface area contributed by atoms with Crippen LogP contribution in [-0.2, 0) is 7.05 Å². The number of hydrogen-bond donors (Lipinski definition) is 0. The summed E-state index contributed by atoms with van der Waals surface area (Å²) in [5.74, 6) is 3.71. The third kappa shape index (κ3) is 2.96. The van der Waals surface area contributed by atoms with Crippen molar-refractivity contribution in [1.82, 2.24) is 9.78 Å². The van der Waals surface area contributed by atoms with Gasteiger partial charge in [-0.15, -0.1) is 0 Å². The van der Waals surface area contributed by atoms with Gasteiger partial charge in [-0.1, -0.05) is 26.7 Å². The molecule has 0 radical (unpaired) electrons. The predicted octanol–water partition coefficient (Wildman–Crippen LogP) is 5.94. The molecule has 0 saturated heterocycles. The van der Waals surface area contributed by atoms with Gasteiger partial charge in [0, 0.05) is 29.4 Å². The van der Waals surface area contributed by atoms with E-state index < -0.39 is 0 Å². The van der Waals surface area contributed by atoms with Gasteiger partial charge in [0.25, 0.3) is 0 Å². The van der Waals surface area contributed by atoms with Gasteiger partial charge in [0.15, 0.2) is 0 Å². The monoisotopic (exact) mass is 394 g/mol. The minimum absolute atomic E-state index is 0.278. The van der Waals surface area contributed by atoms with Gasteiger partial charge >= 0.3 is 0 Å².